The first-order valence-corrected chi connectivity index (χ1v) is 6.62. The van der Waals surface area contributed by atoms with E-state index in [-0.39, 0.29) is 23.9 Å². The van der Waals surface area contributed by atoms with Crippen LogP contribution in [0.4, 0.5) is 11.6 Å². The van der Waals surface area contributed by atoms with Crippen LogP contribution in [0.5, 0.6) is 0 Å². The van der Waals surface area contributed by atoms with Crippen molar-refractivity contribution in [1.29, 1.82) is 5.26 Å². The highest BCUT2D eigenvalue weighted by atomic mass is 16.5. The van der Waals surface area contributed by atoms with Gasteiger partial charge in [0, 0.05) is 0 Å². The second kappa shape index (κ2) is 5.71. The van der Waals surface area contributed by atoms with Crippen molar-refractivity contribution in [2.45, 2.75) is 13.3 Å². The van der Waals surface area contributed by atoms with Gasteiger partial charge in [-0.05, 0) is 5.56 Å². The summed E-state index contributed by atoms with van der Waals surface area (Å²) in [5.74, 6) is 0.507. The zero-order valence-corrected chi connectivity index (χ0v) is 11.7. The van der Waals surface area contributed by atoms with Crippen molar-refractivity contribution in [3.63, 3.8) is 0 Å². The number of fused-ring (bicyclic) bond motifs is 1. The highest BCUT2D eigenvalue weighted by Gasteiger charge is 2.18. The Morgan fingerprint density at radius 2 is 1.95 bits per heavy atom. The Morgan fingerprint density at radius 1 is 1.18 bits per heavy atom. The molecule has 1 aromatic carbocycles. The lowest BCUT2D eigenvalue weighted by Crippen LogP contribution is -2.07. The number of nitrogen functional groups attached to an aromatic ring is 2. The summed E-state index contributed by atoms with van der Waals surface area (Å²) in [7, 11) is 0. The minimum absolute atomic E-state index is 0.176. The third-order valence-corrected chi connectivity index (χ3v) is 3.35. The number of benzene rings is 1. The number of nitrogens with two attached hydrogens (primary N) is 2. The molecule has 7 heteroatoms. The van der Waals surface area contributed by atoms with Crippen LogP contribution in [0, 0.1) is 11.3 Å². The summed E-state index contributed by atoms with van der Waals surface area (Å²) in [6, 6.07) is 11.8. The van der Waals surface area contributed by atoms with Gasteiger partial charge in [0.1, 0.15) is 42.0 Å². The number of aromatic nitrogens is 3. The van der Waals surface area contributed by atoms with Crippen LogP contribution in [0.2, 0.25) is 0 Å². The van der Waals surface area contributed by atoms with Crippen molar-refractivity contribution in [3.8, 4) is 6.07 Å². The van der Waals surface area contributed by atoms with Crippen LogP contribution < -0.4 is 11.5 Å². The summed E-state index contributed by atoms with van der Waals surface area (Å²) in [6.45, 7) is 0.609. The number of nitriles is 1. The predicted molar refractivity (Wildman–Crippen MR) is 82.3 cm³/mol. The molecule has 0 unspecified atom stereocenters. The number of nitrogens with zero attached hydrogens (tertiary/aromatic N) is 4. The second-order valence-electron chi connectivity index (χ2n) is 4.72. The van der Waals surface area contributed by atoms with Crippen molar-refractivity contribution < 1.29 is 4.74 Å². The van der Waals surface area contributed by atoms with Crippen LogP contribution in [0.3, 0.4) is 0 Å². The molecule has 0 saturated carbocycles. The molecule has 3 aromatic rings. The van der Waals surface area contributed by atoms with Gasteiger partial charge in [-0.2, -0.15) is 5.26 Å². The van der Waals surface area contributed by atoms with Gasteiger partial charge in [-0.3, -0.25) is 4.57 Å². The molecule has 0 fully saturated rings. The molecular formula is C15H14N6O. The zero-order valence-electron chi connectivity index (χ0n) is 11.7. The molecule has 0 bridgehead atoms. The first kappa shape index (κ1) is 13.9. The van der Waals surface area contributed by atoms with Crippen molar-refractivity contribution in [3.05, 3.63) is 47.8 Å². The molecule has 2 aromatic heterocycles. The Bertz CT molecular complexity index is 850. The number of ether oxygens (including phenoxy) is 1. The summed E-state index contributed by atoms with van der Waals surface area (Å²) in [5.41, 5.74) is 13.7. The van der Waals surface area contributed by atoms with Gasteiger partial charge in [0.15, 0.2) is 0 Å². The Balaban J connectivity index is 1.90. The zero-order chi connectivity index (χ0) is 15.5. The van der Waals surface area contributed by atoms with Gasteiger partial charge in [-0.25, -0.2) is 9.97 Å². The Labute approximate surface area is 126 Å². The molecule has 0 aliphatic heterocycles. The molecule has 0 aliphatic carbocycles. The van der Waals surface area contributed by atoms with Crippen LogP contribution in [-0.4, -0.2) is 14.5 Å². The van der Waals surface area contributed by atoms with E-state index in [4.69, 9.17) is 16.2 Å². The number of hydrogen-bond donors (Lipinski definition) is 2. The number of anilines is 2. The molecular weight excluding hydrogens is 280 g/mol. The first-order chi connectivity index (χ1) is 10.7. The fourth-order valence-corrected chi connectivity index (χ4v) is 2.28. The van der Waals surface area contributed by atoms with E-state index in [1.54, 1.807) is 4.57 Å². The van der Waals surface area contributed by atoms with Gasteiger partial charge in [-0.1, -0.05) is 30.3 Å². The molecule has 2 heterocycles. The van der Waals surface area contributed by atoms with E-state index in [0.29, 0.717) is 17.6 Å². The van der Waals surface area contributed by atoms with Crippen molar-refractivity contribution in [1.82, 2.24) is 14.5 Å². The lowest BCUT2D eigenvalue weighted by Gasteiger charge is -2.08. The summed E-state index contributed by atoms with van der Waals surface area (Å²) in [4.78, 5) is 8.06. The Hall–Kier alpha value is -3.11. The molecule has 0 spiro atoms. The summed E-state index contributed by atoms with van der Waals surface area (Å²) in [5, 5.41) is 9.73. The smallest absolute Gasteiger partial charge is 0.150 e. The fourth-order valence-electron chi connectivity index (χ4n) is 2.28. The average Bonchev–Trinajstić information content (AvgIpc) is 2.82. The quantitative estimate of drug-likeness (QED) is 0.755. The molecule has 0 atom stereocenters. The summed E-state index contributed by atoms with van der Waals surface area (Å²) in [6.07, 6.45) is 1.34. The van der Waals surface area contributed by atoms with E-state index >= 15 is 0 Å². The van der Waals surface area contributed by atoms with Gasteiger partial charge in [0.25, 0.3) is 0 Å². The van der Waals surface area contributed by atoms with E-state index in [9.17, 15) is 5.26 Å². The van der Waals surface area contributed by atoms with Gasteiger partial charge < -0.3 is 16.2 Å². The van der Waals surface area contributed by atoms with Gasteiger partial charge in [0.05, 0.1) is 12.0 Å². The minimum atomic E-state index is 0.176. The van der Waals surface area contributed by atoms with E-state index in [1.165, 1.54) is 6.33 Å². The van der Waals surface area contributed by atoms with Crippen LogP contribution in [0.15, 0.2) is 36.7 Å². The predicted octanol–water partition coefficient (Wildman–Crippen LogP) is 1.64. The molecule has 4 N–H and O–H groups in total. The SMILES string of the molecule is N#Cc1c(N)n(COCc2ccccc2)c2ncnc(N)c12. The van der Waals surface area contributed by atoms with Gasteiger partial charge >= 0.3 is 0 Å². The minimum Gasteiger partial charge on any atom is -0.384 e. The molecule has 22 heavy (non-hydrogen) atoms. The van der Waals surface area contributed by atoms with Gasteiger partial charge in [0.2, 0.25) is 0 Å². The van der Waals surface area contributed by atoms with E-state index in [2.05, 4.69) is 9.97 Å². The number of rotatable bonds is 4. The third kappa shape index (κ3) is 2.32. The summed E-state index contributed by atoms with van der Waals surface area (Å²) < 4.78 is 7.28. The van der Waals surface area contributed by atoms with E-state index < -0.39 is 0 Å². The van der Waals surface area contributed by atoms with Crippen molar-refractivity contribution in [2.75, 3.05) is 11.5 Å². The van der Waals surface area contributed by atoms with E-state index in [0.717, 1.165) is 5.56 Å². The third-order valence-electron chi connectivity index (χ3n) is 3.35. The Morgan fingerprint density at radius 3 is 2.68 bits per heavy atom. The largest absolute Gasteiger partial charge is 0.384 e. The molecule has 3 rings (SSSR count). The standard InChI is InChI=1S/C15H14N6O/c16-6-11-12-13(17)19-8-20-15(12)21(14(11)18)9-22-7-10-4-2-1-3-5-10/h1-5,8H,7,9,18H2,(H2,17,19,20). The van der Waals surface area contributed by atoms with Crippen LogP contribution >= 0.6 is 0 Å². The van der Waals surface area contributed by atoms with Crippen LogP contribution in [-0.2, 0) is 18.1 Å². The van der Waals surface area contributed by atoms with Crippen molar-refractivity contribution >= 4 is 22.7 Å². The average molecular weight is 294 g/mol. The lowest BCUT2D eigenvalue weighted by atomic mass is 10.2. The molecule has 7 nitrogen and oxygen atoms in total. The monoisotopic (exact) mass is 294 g/mol. The molecule has 0 amide bonds. The lowest BCUT2D eigenvalue weighted by molar-refractivity contribution is 0.0677. The van der Waals surface area contributed by atoms with Crippen molar-refractivity contribution in [2.24, 2.45) is 0 Å². The maximum absolute atomic E-state index is 9.26. The Kier molecular flexibility index (Phi) is 3.60. The maximum atomic E-state index is 9.26. The number of hydrogen-bond acceptors (Lipinski definition) is 6. The highest BCUT2D eigenvalue weighted by molar-refractivity contribution is 5.96. The fraction of sp³-hybridized carbons (Fsp3) is 0.133. The molecule has 0 saturated heterocycles. The van der Waals surface area contributed by atoms with Crippen LogP contribution in [0.25, 0.3) is 11.0 Å². The van der Waals surface area contributed by atoms with Gasteiger partial charge in [-0.15, -0.1) is 0 Å². The summed E-state index contributed by atoms with van der Waals surface area (Å²) >= 11 is 0. The normalized spacial score (nSPS) is 10.7. The molecule has 0 aliphatic rings. The first-order valence-electron chi connectivity index (χ1n) is 6.62. The van der Waals surface area contributed by atoms with Crippen LogP contribution in [0.1, 0.15) is 11.1 Å². The highest BCUT2D eigenvalue weighted by Crippen LogP contribution is 2.29. The van der Waals surface area contributed by atoms with E-state index in [1.807, 2.05) is 36.4 Å². The topological polar surface area (TPSA) is 116 Å². The molecule has 0 radical (unpaired) electrons. The second-order valence-corrected chi connectivity index (χ2v) is 4.72. The maximum Gasteiger partial charge on any atom is 0.150 e. The molecule has 110 valence electrons.